The smallest absolute Gasteiger partial charge is 0.0473 e. The minimum atomic E-state index is 0.0564. The van der Waals surface area contributed by atoms with E-state index in [-0.39, 0.29) is 18.6 Å². The van der Waals surface area contributed by atoms with Crippen molar-refractivity contribution >= 4 is 0 Å². The van der Waals surface area contributed by atoms with Crippen LogP contribution in [0.25, 0.3) is 0 Å². The van der Waals surface area contributed by atoms with Gasteiger partial charge in [-0.2, -0.15) is 0 Å². The van der Waals surface area contributed by atoms with E-state index in [9.17, 15) is 0 Å². The van der Waals surface area contributed by atoms with Gasteiger partial charge in [-0.05, 0) is 25.0 Å². The highest BCUT2D eigenvalue weighted by molar-refractivity contribution is 5.10. The van der Waals surface area contributed by atoms with Crippen LogP contribution in [0, 0.1) is 5.92 Å². The monoisotopic (exact) mass is 182 g/mol. The van der Waals surface area contributed by atoms with Crippen molar-refractivity contribution in [3.05, 3.63) is 24.0 Å². The fourth-order valence-electron chi connectivity index (χ4n) is 1.40. The summed E-state index contributed by atoms with van der Waals surface area (Å²) in [5, 5.41) is 8.92. The second kappa shape index (κ2) is 4.44. The second-order valence-corrected chi connectivity index (χ2v) is 3.66. The zero-order valence-corrected chi connectivity index (χ0v) is 8.27. The van der Waals surface area contributed by atoms with Gasteiger partial charge in [0, 0.05) is 31.1 Å². The quantitative estimate of drug-likeness (QED) is 0.733. The molecule has 74 valence electrons. The molecule has 1 heterocycles. The Morgan fingerprint density at radius 1 is 1.54 bits per heavy atom. The summed E-state index contributed by atoms with van der Waals surface area (Å²) >= 11 is 0. The lowest BCUT2D eigenvalue weighted by molar-refractivity contribution is 0.222. The molecule has 0 fully saturated rings. The minimum Gasteiger partial charge on any atom is -0.396 e. The highest BCUT2D eigenvalue weighted by Gasteiger charge is 2.07. The molecule has 0 aromatic carbocycles. The summed E-state index contributed by atoms with van der Waals surface area (Å²) < 4.78 is 2.10. The van der Waals surface area contributed by atoms with E-state index in [1.807, 2.05) is 32.2 Å². The van der Waals surface area contributed by atoms with Crippen LogP contribution in [0.2, 0.25) is 0 Å². The standard InChI is InChI=1S/C10H18N2O/c1-8(7-13)6-12-5-3-4-10(12)9(2)11/h3-5,8-9,13H,6-7,11H2,1-2H3. The predicted octanol–water partition coefficient (Wildman–Crippen LogP) is 1.14. The topological polar surface area (TPSA) is 51.2 Å². The molecule has 0 aliphatic carbocycles. The molecule has 0 aliphatic heterocycles. The summed E-state index contributed by atoms with van der Waals surface area (Å²) in [5.74, 6) is 0.282. The Hall–Kier alpha value is -0.800. The molecular formula is C10H18N2O. The maximum Gasteiger partial charge on any atom is 0.0473 e. The summed E-state index contributed by atoms with van der Waals surface area (Å²) in [5.41, 5.74) is 6.92. The third-order valence-electron chi connectivity index (χ3n) is 2.15. The summed E-state index contributed by atoms with van der Waals surface area (Å²) in [6, 6.07) is 4.07. The molecule has 0 amide bonds. The van der Waals surface area contributed by atoms with Crippen LogP contribution in [0.1, 0.15) is 25.6 Å². The molecule has 0 aliphatic rings. The lowest BCUT2D eigenvalue weighted by Gasteiger charge is -2.14. The average Bonchev–Trinajstić information content (AvgIpc) is 2.52. The molecule has 3 nitrogen and oxygen atoms in total. The molecular weight excluding hydrogens is 164 g/mol. The van der Waals surface area contributed by atoms with Crippen molar-refractivity contribution in [3.8, 4) is 0 Å². The number of aliphatic hydroxyl groups excluding tert-OH is 1. The van der Waals surface area contributed by atoms with E-state index in [0.29, 0.717) is 0 Å². The fourth-order valence-corrected chi connectivity index (χ4v) is 1.40. The zero-order chi connectivity index (χ0) is 9.84. The molecule has 3 heteroatoms. The Labute approximate surface area is 79.2 Å². The van der Waals surface area contributed by atoms with E-state index < -0.39 is 0 Å². The van der Waals surface area contributed by atoms with Crippen molar-refractivity contribution < 1.29 is 5.11 Å². The first-order valence-electron chi connectivity index (χ1n) is 4.66. The lowest BCUT2D eigenvalue weighted by Crippen LogP contribution is -2.16. The van der Waals surface area contributed by atoms with Gasteiger partial charge in [0.2, 0.25) is 0 Å². The van der Waals surface area contributed by atoms with Crippen LogP contribution in [-0.4, -0.2) is 16.3 Å². The van der Waals surface area contributed by atoms with Gasteiger partial charge in [0.15, 0.2) is 0 Å². The second-order valence-electron chi connectivity index (χ2n) is 3.66. The van der Waals surface area contributed by atoms with Crippen LogP contribution in [0.4, 0.5) is 0 Å². The molecule has 2 atom stereocenters. The predicted molar refractivity (Wildman–Crippen MR) is 53.3 cm³/mol. The largest absolute Gasteiger partial charge is 0.396 e. The van der Waals surface area contributed by atoms with Gasteiger partial charge in [0.1, 0.15) is 0 Å². The van der Waals surface area contributed by atoms with Crippen LogP contribution < -0.4 is 5.73 Å². The molecule has 0 radical (unpaired) electrons. The van der Waals surface area contributed by atoms with E-state index in [4.69, 9.17) is 10.8 Å². The van der Waals surface area contributed by atoms with Gasteiger partial charge in [-0.15, -0.1) is 0 Å². The minimum absolute atomic E-state index is 0.0564. The van der Waals surface area contributed by atoms with Crippen molar-refractivity contribution in [1.29, 1.82) is 0 Å². The highest BCUT2D eigenvalue weighted by atomic mass is 16.3. The molecule has 0 spiro atoms. The van der Waals surface area contributed by atoms with Gasteiger partial charge in [-0.25, -0.2) is 0 Å². The number of aliphatic hydroxyl groups is 1. The molecule has 2 unspecified atom stereocenters. The van der Waals surface area contributed by atoms with Crippen LogP contribution in [0.3, 0.4) is 0 Å². The maximum atomic E-state index is 8.92. The molecule has 0 saturated heterocycles. The molecule has 13 heavy (non-hydrogen) atoms. The number of nitrogens with zero attached hydrogens (tertiary/aromatic N) is 1. The van der Waals surface area contributed by atoms with E-state index in [1.165, 1.54) is 0 Å². The number of hydrogen-bond donors (Lipinski definition) is 2. The Balaban J connectivity index is 2.70. The van der Waals surface area contributed by atoms with E-state index >= 15 is 0 Å². The number of rotatable bonds is 4. The van der Waals surface area contributed by atoms with Crippen molar-refractivity contribution in [2.45, 2.75) is 26.4 Å². The van der Waals surface area contributed by atoms with Gasteiger partial charge >= 0.3 is 0 Å². The number of aromatic nitrogens is 1. The molecule has 1 aromatic rings. The third kappa shape index (κ3) is 2.57. The van der Waals surface area contributed by atoms with Gasteiger partial charge in [-0.1, -0.05) is 6.92 Å². The average molecular weight is 182 g/mol. The summed E-state index contributed by atoms with van der Waals surface area (Å²) in [7, 11) is 0. The van der Waals surface area contributed by atoms with Crippen molar-refractivity contribution in [1.82, 2.24) is 4.57 Å². The Morgan fingerprint density at radius 3 is 2.77 bits per heavy atom. The van der Waals surface area contributed by atoms with Crippen molar-refractivity contribution in [3.63, 3.8) is 0 Å². The van der Waals surface area contributed by atoms with Crippen LogP contribution >= 0.6 is 0 Å². The number of hydrogen-bond acceptors (Lipinski definition) is 2. The van der Waals surface area contributed by atoms with Gasteiger partial charge in [0.25, 0.3) is 0 Å². The normalized spacial score (nSPS) is 15.7. The maximum absolute atomic E-state index is 8.92. The summed E-state index contributed by atoms with van der Waals surface area (Å²) in [6.45, 7) is 5.04. The lowest BCUT2D eigenvalue weighted by atomic mass is 10.2. The first-order chi connectivity index (χ1) is 6.15. The molecule has 1 rings (SSSR count). The SMILES string of the molecule is CC(CO)Cn1cccc1C(C)N. The van der Waals surface area contributed by atoms with E-state index in [0.717, 1.165) is 12.2 Å². The summed E-state index contributed by atoms with van der Waals surface area (Å²) in [4.78, 5) is 0. The van der Waals surface area contributed by atoms with Crippen molar-refractivity contribution in [2.75, 3.05) is 6.61 Å². The number of nitrogens with two attached hydrogens (primary N) is 1. The van der Waals surface area contributed by atoms with Crippen LogP contribution in [0.5, 0.6) is 0 Å². The van der Waals surface area contributed by atoms with Gasteiger partial charge in [0.05, 0.1) is 0 Å². The van der Waals surface area contributed by atoms with E-state index in [1.54, 1.807) is 0 Å². The first-order valence-corrected chi connectivity index (χ1v) is 4.66. The molecule has 3 N–H and O–H groups in total. The van der Waals surface area contributed by atoms with Crippen molar-refractivity contribution in [2.24, 2.45) is 11.7 Å². The van der Waals surface area contributed by atoms with Gasteiger partial charge < -0.3 is 15.4 Å². The van der Waals surface area contributed by atoms with E-state index in [2.05, 4.69) is 4.57 Å². The summed E-state index contributed by atoms with van der Waals surface area (Å²) in [6.07, 6.45) is 2.00. The fraction of sp³-hybridized carbons (Fsp3) is 0.600. The molecule has 0 saturated carbocycles. The molecule has 0 bridgehead atoms. The molecule has 1 aromatic heterocycles. The Kier molecular flexibility index (Phi) is 3.51. The Bertz CT molecular complexity index is 255. The first kappa shape index (κ1) is 10.3. The highest BCUT2D eigenvalue weighted by Crippen LogP contribution is 2.12. The Morgan fingerprint density at radius 2 is 2.23 bits per heavy atom. The third-order valence-corrected chi connectivity index (χ3v) is 2.15. The van der Waals surface area contributed by atoms with Crippen LogP contribution in [-0.2, 0) is 6.54 Å². The zero-order valence-electron chi connectivity index (χ0n) is 8.27. The van der Waals surface area contributed by atoms with Crippen LogP contribution in [0.15, 0.2) is 18.3 Å². The van der Waals surface area contributed by atoms with Gasteiger partial charge in [-0.3, -0.25) is 0 Å².